The van der Waals surface area contributed by atoms with Gasteiger partial charge < -0.3 is 14.9 Å². The van der Waals surface area contributed by atoms with Crippen molar-refractivity contribution in [2.75, 3.05) is 6.61 Å². The number of aliphatic hydroxyl groups is 2. The van der Waals surface area contributed by atoms with Gasteiger partial charge in [0, 0.05) is 17.3 Å². The second-order valence-corrected chi connectivity index (χ2v) is 13.5. The Morgan fingerprint density at radius 2 is 1.84 bits per heavy atom. The largest absolute Gasteiger partial charge is 0.484 e. The first-order chi connectivity index (χ1) is 21.2. The molecule has 3 fully saturated rings. The number of carbonyl (C=O) groups is 1. The highest BCUT2D eigenvalue weighted by Crippen LogP contribution is 2.69. The van der Waals surface area contributed by atoms with Crippen LogP contribution in [0.4, 0.5) is 22.0 Å². The number of nitrogens with zero attached hydrogens (tertiary/aromatic N) is 1. The van der Waals surface area contributed by atoms with Crippen molar-refractivity contribution in [1.29, 1.82) is 0 Å². The van der Waals surface area contributed by atoms with E-state index in [0.717, 1.165) is 28.0 Å². The van der Waals surface area contributed by atoms with Gasteiger partial charge in [0.1, 0.15) is 11.4 Å². The normalized spacial score (nSPS) is 35.4. The molecule has 6 rings (SSSR count). The van der Waals surface area contributed by atoms with Gasteiger partial charge in [-0.15, -0.1) is 6.42 Å². The van der Waals surface area contributed by atoms with Gasteiger partial charge in [-0.2, -0.15) is 27.1 Å². The minimum Gasteiger partial charge on any atom is -0.484 e. The van der Waals surface area contributed by atoms with Gasteiger partial charge in [-0.25, -0.2) is 5.43 Å². The van der Waals surface area contributed by atoms with Crippen LogP contribution in [-0.4, -0.2) is 52.2 Å². The molecule has 1 aromatic carbocycles. The van der Waals surface area contributed by atoms with Gasteiger partial charge in [0.2, 0.25) is 5.91 Å². The fourth-order valence-electron chi connectivity index (χ4n) is 8.68. The quantitative estimate of drug-likeness (QED) is 0.198. The number of ether oxygens (including phenoxy) is 1. The third kappa shape index (κ3) is 5.48. The summed E-state index contributed by atoms with van der Waals surface area (Å²) in [5, 5.41) is 25.5. The molecule has 0 saturated heterocycles. The van der Waals surface area contributed by atoms with Gasteiger partial charge in [-0.1, -0.05) is 24.6 Å². The number of alkyl halides is 5. The zero-order valence-electron chi connectivity index (χ0n) is 25.0. The average molecular weight is 633 g/mol. The Labute approximate surface area is 258 Å². The van der Waals surface area contributed by atoms with Crippen molar-refractivity contribution in [3.05, 3.63) is 52.6 Å². The number of rotatable bonds is 6. The number of nitrogens with one attached hydrogen (secondary N) is 1. The number of hydrazone groups is 1. The Kier molecular flexibility index (Phi) is 7.92. The van der Waals surface area contributed by atoms with Gasteiger partial charge in [0.15, 0.2) is 6.61 Å². The first-order valence-corrected chi connectivity index (χ1v) is 15.5. The molecule has 5 aliphatic rings. The summed E-state index contributed by atoms with van der Waals surface area (Å²) >= 11 is 0. The molecule has 0 heterocycles. The van der Waals surface area contributed by atoms with E-state index in [4.69, 9.17) is 11.2 Å². The van der Waals surface area contributed by atoms with E-state index in [-0.39, 0.29) is 48.2 Å². The maximum absolute atomic E-state index is 15.3. The minimum absolute atomic E-state index is 0.0441. The van der Waals surface area contributed by atoms with Crippen molar-refractivity contribution in [2.24, 2.45) is 28.3 Å². The van der Waals surface area contributed by atoms with Crippen LogP contribution < -0.4 is 10.2 Å². The zero-order valence-corrected chi connectivity index (χ0v) is 25.0. The summed E-state index contributed by atoms with van der Waals surface area (Å²) in [6.07, 6.45) is 6.17. The number of terminal acetylenes is 1. The smallest absolute Gasteiger partial charge is 0.422 e. The van der Waals surface area contributed by atoms with Crippen LogP contribution in [0.5, 0.6) is 5.75 Å². The van der Waals surface area contributed by atoms with Crippen molar-refractivity contribution >= 4 is 11.6 Å². The standard InChI is InChI=1S/C34H37F5N2O4/c1-3-33(35,36)32(44)13-12-28-26-10-6-20-14-22(40-41-30(43)21-15-23(42)16-21)7-11-25(20)29(26)27(17-31(28,32)2)19-4-8-24(9-5-19)45-18-34(37,38)39/h1,4-5,8-9,14,21,23,26-28,42,44H,6-7,10-13,15-18H2,2H3,(H,41,43)/t21?,23?,26-,27+,28-,31-,32-/m0/s1. The molecule has 0 aliphatic heterocycles. The highest BCUT2D eigenvalue weighted by atomic mass is 19.4. The summed E-state index contributed by atoms with van der Waals surface area (Å²) in [6, 6.07) is 6.28. The number of allylic oxidation sites excluding steroid dienone is 4. The van der Waals surface area contributed by atoms with Crippen molar-refractivity contribution in [1.82, 2.24) is 5.43 Å². The first-order valence-electron chi connectivity index (χ1n) is 15.5. The molecule has 3 N–H and O–H groups in total. The maximum atomic E-state index is 15.3. The van der Waals surface area contributed by atoms with Gasteiger partial charge in [-0.3, -0.25) is 4.79 Å². The Balaban J connectivity index is 1.36. The molecular formula is C34H37F5N2O4. The fourth-order valence-corrected chi connectivity index (χ4v) is 8.68. The summed E-state index contributed by atoms with van der Waals surface area (Å²) in [5.74, 6) is -3.30. The third-order valence-electron chi connectivity index (χ3n) is 11.1. The number of benzene rings is 1. The number of hydrogen-bond donors (Lipinski definition) is 3. The highest BCUT2D eigenvalue weighted by Gasteiger charge is 2.71. The topological polar surface area (TPSA) is 91.2 Å². The lowest BCUT2D eigenvalue weighted by Gasteiger charge is -2.55. The van der Waals surface area contributed by atoms with Crippen LogP contribution in [-0.2, 0) is 4.79 Å². The molecule has 11 heteroatoms. The van der Waals surface area contributed by atoms with Crippen molar-refractivity contribution in [3.63, 3.8) is 0 Å². The second kappa shape index (κ2) is 11.2. The van der Waals surface area contributed by atoms with E-state index >= 15 is 8.78 Å². The fraction of sp³-hybridized carbons (Fsp3) is 0.588. The van der Waals surface area contributed by atoms with Crippen LogP contribution in [0.25, 0.3) is 0 Å². The molecule has 5 aliphatic carbocycles. The summed E-state index contributed by atoms with van der Waals surface area (Å²) in [4.78, 5) is 12.4. The number of carbonyl (C=O) groups excluding carboxylic acids is 1. The molecule has 242 valence electrons. The predicted molar refractivity (Wildman–Crippen MR) is 156 cm³/mol. The highest BCUT2D eigenvalue weighted by molar-refractivity contribution is 5.98. The second-order valence-electron chi connectivity index (χ2n) is 13.5. The predicted octanol–water partition coefficient (Wildman–Crippen LogP) is 6.20. The molecule has 5 atom stereocenters. The van der Waals surface area contributed by atoms with E-state index in [2.05, 4.69) is 10.5 Å². The summed E-state index contributed by atoms with van der Waals surface area (Å²) in [5.41, 5.74) is 3.81. The van der Waals surface area contributed by atoms with Gasteiger partial charge in [-0.05, 0) is 110 Å². The number of amides is 1. The molecule has 0 radical (unpaired) electrons. The molecule has 3 saturated carbocycles. The number of aliphatic hydroxyl groups excluding tert-OH is 1. The van der Waals surface area contributed by atoms with E-state index in [9.17, 15) is 28.2 Å². The van der Waals surface area contributed by atoms with Gasteiger partial charge in [0.05, 0.1) is 11.8 Å². The van der Waals surface area contributed by atoms with Crippen LogP contribution in [0.3, 0.4) is 0 Å². The maximum Gasteiger partial charge on any atom is 0.422 e. The number of halogens is 5. The Morgan fingerprint density at radius 1 is 1.13 bits per heavy atom. The van der Waals surface area contributed by atoms with Crippen LogP contribution in [0.15, 0.2) is 52.2 Å². The molecule has 1 amide bonds. The monoisotopic (exact) mass is 632 g/mol. The summed E-state index contributed by atoms with van der Waals surface area (Å²) < 4.78 is 73.7. The SMILES string of the molecule is C#CC(F)(F)[C@]1(O)CC[C@H]2[C@@H]3CCC4=CC(=NNC(=O)C5CC(O)C5)CCC4=C3[C@@H](c3ccc(OCC(F)(F)F)cc3)C[C@@]21C. The Morgan fingerprint density at radius 3 is 2.49 bits per heavy atom. The molecule has 1 aromatic rings. The van der Waals surface area contributed by atoms with Crippen LogP contribution >= 0.6 is 0 Å². The first kappa shape index (κ1) is 31.7. The van der Waals surface area contributed by atoms with Crippen molar-refractivity contribution in [2.45, 2.75) is 94.4 Å². The molecule has 0 unspecified atom stereocenters. The Bertz CT molecular complexity index is 1490. The van der Waals surface area contributed by atoms with Gasteiger partial charge in [0.25, 0.3) is 0 Å². The minimum atomic E-state index is -4.49. The molecule has 0 aromatic heterocycles. The van der Waals surface area contributed by atoms with Gasteiger partial charge >= 0.3 is 12.1 Å². The average Bonchev–Trinajstić information content (AvgIpc) is 3.27. The lowest BCUT2D eigenvalue weighted by molar-refractivity contribution is -0.209. The lowest BCUT2D eigenvalue weighted by atomic mass is 9.50. The van der Waals surface area contributed by atoms with Crippen molar-refractivity contribution in [3.8, 4) is 18.1 Å². The number of hydrogen-bond acceptors (Lipinski definition) is 5. The molecular weight excluding hydrogens is 595 g/mol. The van der Waals surface area contributed by atoms with E-state index in [1.54, 1.807) is 25.0 Å². The van der Waals surface area contributed by atoms with E-state index < -0.39 is 35.8 Å². The molecule has 0 spiro atoms. The summed E-state index contributed by atoms with van der Waals surface area (Å²) in [7, 11) is 0. The number of fused-ring (bicyclic) bond motifs is 4. The van der Waals surface area contributed by atoms with E-state index in [1.165, 1.54) is 12.1 Å². The van der Waals surface area contributed by atoms with E-state index in [0.29, 0.717) is 44.9 Å². The third-order valence-corrected chi connectivity index (χ3v) is 11.1. The zero-order chi connectivity index (χ0) is 32.4. The van der Waals surface area contributed by atoms with Crippen LogP contribution in [0.2, 0.25) is 0 Å². The van der Waals surface area contributed by atoms with Crippen molar-refractivity contribution < 1.29 is 41.7 Å². The van der Waals surface area contributed by atoms with Crippen LogP contribution in [0, 0.1) is 35.5 Å². The lowest BCUT2D eigenvalue weighted by Crippen LogP contribution is -2.60. The molecule has 45 heavy (non-hydrogen) atoms. The van der Waals surface area contributed by atoms with Crippen LogP contribution in [0.1, 0.15) is 76.2 Å². The Hall–Kier alpha value is -3.23. The van der Waals surface area contributed by atoms with E-state index in [1.807, 2.05) is 6.08 Å². The molecule has 0 bridgehead atoms. The molecule has 6 nitrogen and oxygen atoms in total. The summed E-state index contributed by atoms with van der Waals surface area (Å²) in [6.45, 7) is 0.286.